The average Bonchev–Trinajstić information content (AvgIpc) is 2.30. The first-order chi connectivity index (χ1) is 8.15. The number of benzene rings is 1. The molecule has 1 aromatic heterocycles. The van der Waals surface area contributed by atoms with Crippen molar-refractivity contribution in [1.29, 1.82) is 0 Å². The highest BCUT2D eigenvalue weighted by Crippen LogP contribution is 2.21. The summed E-state index contributed by atoms with van der Waals surface area (Å²) in [6.45, 7) is 0.203. The first-order valence-corrected chi connectivity index (χ1v) is 5.99. The Labute approximate surface area is 112 Å². The van der Waals surface area contributed by atoms with E-state index in [1.165, 1.54) is 18.2 Å². The van der Waals surface area contributed by atoms with E-state index in [0.29, 0.717) is 16.3 Å². The third kappa shape index (κ3) is 3.41. The average molecular weight is 317 g/mol. The summed E-state index contributed by atoms with van der Waals surface area (Å²) < 4.78 is 19.3. The molecular weight excluding hydrogens is 308 g/mol. The summed E-state index contributed by atoms with van der Waals surface area (Å²) in [7, 11) is 0. The maximum absolute atomic E-state index is 13.0. The summed E-state index contributed by atoms with van der Waals surface area (Å²) in [5, 5.41) is 0.481. The van der Waals surface area contributed by atoms with Gasteiger partial charge in [0.2, 0.25) is 0 Å². The van der Waals surface area contributed by atoms with Crippen molar-refractivity contribution in [2.45, 2.75) is 6.61 Å². The highest BCUT2D eigenvalue weighted by atomic mass is 79.9. The van der Waals surface area contributed by atoms with E-state index in [1.54, 1.807) is 18.5 Å². The fraction of sp³-hybridized carbons (Fsp3) is 0.0833. The molecule has 0 saturated carbocycles. The van der Waals surface area contributed by atoms with Gasteiger partial charge in [-0.1, -0.05) is 11.6 Å². The van der Waals surface area contributed by atoms with E-state index in [0.717, 1.165) is 4.47 Å². The minimum absolute atomic E-state index is 0.203. The predicted molar refractivity (Wildman–Crippen MR) is 67.7 cm³/mol. The molecule has 88 valence electrons. The second-order valence-corrected chi connectivity index (χ2v) is 4.69. The molecule has 1 heterocycles. The molecule has 0 radical (unpaired) electrons. The number of nitrogens with zero attached hydrogens (tertiary/aromatic N) is 1. The van der Waals surface area contributed by atoms with Crippen molar-refractivity contribution in [1.82, 2.24) is 4.98 Å². The molecule has 0 aliphatic heterocycles. The van der Waals surface area contributed by atoms with Gasteiger partial charge in [0.15, 0.2) is 0 Å². The number of hydrogen-bond acceptors (Lipinski definition) is 2. The molecule has 0 aliphatic carbocycles. The van der Waals surface area contributed by atoms with Crippen molar-refractivity contribution >= 4 is 27.5 Å². The van der Waals surface area contributed by atoms with E-state index in [4.69, 9.17) is 16.3 Å². The van der Waals surface area contributed by atoms with Gasteiger partial charge in [0, 0.05) is 21.3 Å². The fourth-order valence-electron chi connectivity index (χ4n) is 1.29. The van der Waals surface area contributed by atoms with Gasteiger partial charge >= 0.3 is 0 Å². The van der Waals surface area contributed by atoms with Gasteiger partial charge in [-0.25, -0.2) is 4.39 Å². The highest BCUT2D eigenvalue weighted by Gasteiger charge is 2.03. The minimum Gasteiger partial charge on any atom is -0.487 e. The Balaban J connectivity index is 2.09. The molecule has 0 unspecified atom stereocenters. The van der Waals surface area contributed by atoms with Crippen molar-refractivity contribution in [2.75, 3.05) is 0 Å². The van der Waals surface area contributed by atoms with Crippen LogP contribution in [-0.4, -0.2) is 4.98 Å². The van der Waals surface area contributed by atoms with Crippen LogP contribution in [0.2, 0.25) is 5.02 Å². The zero-order chi connectivity index (χ0) is 12.3. The lowest BCUT2D eigenvalue weighted by Gasteiger charge is -2.07. The van der Waals surface area contributed by atoms with E-state index in [1.807, 2.05) is 0 Å². The van der Waals surface area contributed by atoms with Gasteiger partial charge in [-0.05, 0) is 40.2 Å². The summed E-state index contributed by atoms with van der Waals surface area (Å²) in [5.74, 6) is 0.264. The summed E-state index contributed by atoms with van der Waals surface area (Å²) in [6.07, 6.45) is 3.24. The van der Waals surface area contributed by atoms with Crippen LogP contribution in [0.4, 0.5) is 4.39 Å². The quantitative estimate of drug-likeness (QED) is 0.846. The SMILES string of the molecule is Fc1ccc(Cl)c(COc2cncc(Br)c2)c1. The molecule has 17 heavy (non-hydrogen) atoms. The Morgan fingerprint density at radius 3 is 2.88 bits per heavy atom. The molecule has 2 nitrogen and oxygen atoms in total. The molecule has 0 bridgehead atoms. The molecule has 0 atom stereocenters. The lowest BCUT2D eigenvalue weighted by molar-refractivity contribution is 0.304. The summed E-state index contributed by atoms with van der Waals surface area (Å²) in [6, 6.07) is 5.95. The Hall–Kier alpha value is -1.13. The number of hydrogen-bond donors (Lipinski definition) is 0. The molecule has 0 saturated heterocycles. The van der Waals surface area contributed by atoms with Gasteiger partial charge in [0.1, 0.15) is 18.2 Å². The fourth-order valence-corrected chi connectivity index (χ4v) is 1.80. The van der Waals surface area contributed by atoms with Crippen LogP contribution >= 0.6 is 27.5 Å². The molecule has 2 aromatic rings. The van der Waals surface area contributed by atoms with Crippen LogP contribution in [0.5, 0.6) is 5.75 Å². The molecule has 0 amide bonds. The van der Waals surface area contributed by atoms with Crippen LogP contribution in [-0.2, 0) is 6.61 Å². The van der Waals surface area contributed by atoms with E-state index in [9.17, 15) is 4.39 Å². The van der Waals surface area contributed by atoms with Crippen LogP contribution in [0.15, 0.2) is 41.1 Å². The lowest BCUT2D eigenvalue weighted by Crippen LogP contribution is -1.97. The van der Waals surface area contributed by atoms with Crippen LogP contribution in [0.1, 0.15) is 5.56 Å². The Kier molecular flexibility index (Phi) is 3.97. The third-order valence-electron chi connectivity index (χ3n) is 2.08. The number of pyridine rings is 1. The maximum atomic E-state index is 13.0. The number of aromatic nitrogens is 1. The van der Waals surface area contributed by atoms with Gasteiger partial charge in [-0.2, -0.15) is 0 Å². The van der Waals surface area contributed by atoms with Gasteiger partial charge in [-0.15, -0.1) is 0 Å². The maximum Gasteiger partial charge on any atom is 0.139 e. The second-order valence-electron chi connectivity index (χ2n) is 3.36. The number of halogens is 3. The zero-order valence-electron chi connectivity index (χ0n) is 8.66. The minimum atomic E-state index is -0.333. The smallest absolute Gasteiger partial charge is 0.139 e. The molecule has 0 fully saturated rings. The van der Waals surface area contributed by atoms with E-state index in [-0.39, 0.29) is 12.4 Å². The van der Waals surface area contributed by atoms with Gasteiger partial charge in [0.25, 0.3) is 0 Å². The Bertz CT molecular complexity index is 536. The molecular formula is C12H8BrClFNO. The van der Waals surface area contributed by atoms with Gasteiger partial charge in [0.05, 0.1) is 6.20 Å². The number of rotatable bonds is 3. The first-order valence-electron chi connectivity index (χ1n) is 4.82. The van der Waals surface area contributed by atoms with E-state index < -0.39 is 0 Å². The molecule has 0 spiro atoms. The van der Waals surface area contributed by atoms with Crippen molar-refractivity contribution in [3.8, 4) is 5.75 Å². The van der Waals surface area contributed by atoms with Gasteiger partial charge in [-0.3, -0.25) is 4.98 Å². The molecule has 2 rings (SSSR count). The summed E-state index contributed by atoms with van der Waals surface area (Å²) in [5.41, 5.74) is 0.603. The van der Waals surface area contributed by atoms with Crippen molar-refractivity contribution < 1.29 is 9.13 Å². The largest absolute Gasteiger partial charge is 0.487 e. The zero-order valence-corrected chi connectivity index (χ0v) is 11.0. The number of ether oxygens (including phenoxy) is 1. The second kappa shape index (κ2) is 5.47. The third-order valence-corrected chi connectivity index (χ3v) is 2.88. The molecule has 1 aromatic carbocycles. The van der Waals surface area contributed by atoms with Crippen LogP contribution in [0.25, 0.3) is 0 Å². The first kappa shape index (κ1) is 12.3. The lowest BCUT2D eigenvalue weighted by atomic mass is 10.2. The van der Waals surface area contributed by atoms with Crippen molar-refractivity contribution in [3.63, 3.8) is 0 Å². The Morgan fingerprint density at radius 1 is 1.29 bits per heavy atom. The van der Waals surface area contributed by atoms with E-state index in [2.05, 4.69) is 20.9 Å². The van der Waals surface area contributed by atoms with Crippen LogP contribution < -0.4 is 4.74 Å². The topological polar surface area (TPSA) is 22.1 Å². The monoisotopic (exact) mass is 315 g/mol. The Morgan fingerprint density at radius 2 is 2.12 bits per heavy atom. The standard InChI is InChI=1S/C12H8BrClFNO/c13-9-4-11(6-16-5-9)17-7-8-3-10(15)1-2-12(8)14/h1-6H,7H2. The van der Waals surface area contributed by atoms with Crippen molar-refractivity contribution in [2.24, 2.45) is 0 Å². The molecule has 0 aliphatic rings. The highest BCUT2D eigenvalue weighted by molar-refractivity contribution is 9.10. The van der Waals surface area contributed by atoms with E-state index >= 15 is 0 Å². The molecule has 0 N–H and O–H groups in total. The van der Waals surface area contributed by atoms with Crippen LogP contribution in [0.3, 0.4) is 0 Å². The normalized spacial score (nSPS) is 10.3. The van der Waals surface area contributed by atoms with Crippen LogP contribution in [0, 0.1) is 5.82 Å². The summed E-state index contributed by atoms with van der Waals surface area (Å²) >= 11 is 9.21. The van der Waals surface area contributed by atoms with Crippen molar-refractivity contribution in [3.05, 3.63) is 57.5 Å². The molecule has 5 heteroatoms. The predicted octanol–water partition coefficient (Wildman–Crippen LogP) is 4.22. The summed E-state index contributed by atoms with van der Waals surface area (Å²) in [4.78, 5) is 3.96. The van der Waals surface area contributed by atoms with Gasteiger partial charge < -0.3 is 4.74 Å².